The van der Waals surface area contributed by atoms with Gasteiger partial charge in [-0.05, 0) is 45.0 Å². The van der Waals surface area contributed by atoms with Gasteiger partial charge in [0.05, 0.1) is 21.7 Å². The van der Waals surface area contributed by atoms with Crippen LogP contribution in [0.15, 0.2) is 58.0 Å². The van der Waals surface area contributed by atoms with E-state index in [1.54, 1.807) is 19.1 Å². The van der Waals surface area contributed by atoms with E-state index in [1.807, 2.05) is 24.5 Å². The second-order valence-electron chi connectivity index (χ2n) is 7.68. The van der Waals surface area contributed by atoms with Crippen molar-refractivity contribution in [3.63, 3.8) is 0 Å². The monoisotopic (exact) mass is 461 g/mol. The Labute approximate surface area is 192 Å². The molecule has 0 aliphatic rings. The molecule has 1 N–H and O–H groups in total. The number of nitro benzene ring substituents is 2. The number of carbonyl (C=O) groups is 1. The topological polar surface area (TPSA) is 146 Å². The SMILES string of the molecule is Cc1ccc(-n2c(C)cc(/C=N/NC(=O)c3cc4cc([N+](=O)[O-])ccc4o3)c2C)cc1[N+](=O)[O-]. The fraction of sp³-hybridized carbons (Fsp3) is 0.130. The number of nitrogens with zero attached hydrogens (tertiary/aromatic N) is 4. The number of amides is 1. The molecule has 0 saturated heterocycles. The van der Waals surface area contributed by atoms with Gasteiger partial charge in [0.1, 0.15) is 5.58 Å². The van der Waals surface area contributed by atoms with Crippen LogP contribution in [0.5, 0.6) is 0 Å². The van der Waals surface area contributed by atoms with Crippen molar-refractivity contribution in [3.8, 4) is 5.69 Å². The summed E-state index contributed by atoms with van der Waals surface area (Å²) in [5, 5.41) is 26.6. The van der Waals surface area contributed by atoms with Gasteiger partial charge in [-0.3, -0.25) is 25.0 Å². The van der Waals surface area contributed by atoms with Crippen LogP contribution in [0.4, 0.5) is 11.4 Å². The van der Waals surface area contributed by atoms with Gasteiger partial charge in [0.2, 0.25) is 0 Å². The van der Waals surface area contributed by atoms with E-state index in [1.165, 1.54) is 36.5 Å². The Morgan fingerprint density at radius 3 is 2.50 bits per heavy atom. The van der Waals surface area contributed by atoms with Crippen LogP contribution in [-0.4, -0.2) is 26.5 Å². The molecule has 11 heteroatoms. The maximum absolute atomic E-state index is 12.4. The van der Waals surface area contributed by atoms with Gasteiger partial charge in [-0.25, -0.2) is 5.43 Å². The van der Waals surface area contributed by atoms with Gasteiger partial charge in [-0.1, -0.05) is 6.07 Å². The normalized spacial score (nSPS) is 11.3. The number of furan rings is 1. The number of nitrogens with one attached hydrogen (secondary N) is 1. The molecule has 4 rings (SSSR count). The lowest BCUT2D eigenvalue weighted by Gasteiger charge is -2.10. The second kappa shape index (κ2) is 8.62. The third-order valence-electron chi connectivity index (χ3n) is 5.42. The Morgan fingerprint density at radius 2 is 1.79 bits per heavy atom. The molecule has 0 bridgehead atoms. The van der Waals surface area contributed by atoms with Crippen molar-refractivity contribution < 1.29 is 19.1 Å². The van der Waals surface area contributed by atoms with Crippen molar-refractivity contribution in [1.29, 1.82) is 0 Å². The van der Waals surface area contributed by atoms with Crippen molar-refractivity contribution in [1.82, 2.24) is 9.99 Å². The zero-order valence-corrected chi connectivity index (χ0v) is 18.4. The van der Waals surface area contributed by atoms with E-state index in [4.69, 9.17) is 4.42 Å². The number of benzene rings is 2. The number of rotatable bonds is 6. The van der Waals surface area contributed by atoms with E-state index < -0.39 is 15.8 Å². The lowest BCUT2D eigenvalue weighted by atomic mass is 10.2. The summed E-state index contributed by atoms with van der Waals surface area (Å²) in [7, 11) is 0. The van der Waals surface area contributed by atoms with E-state index in [9.17, 15) is 25.0 Å². The largest absolute Gasteiger partial charge is 0.451 e. The van der Waals surface area contributed by atoms with E-state index in [2.05, 4.69) is 10.5 Å². The Hall–Kier alpha value is -4.80. The van der Waals surface area contributed by atoms with Gasteiger partial charge in [0.25, 0.3) is 11.4 Å². The molecule has 172 valence electrons. The lowest BCUT2D eigenvalue weighted by Crippen LogP contribution is -2.16. The minimum absolute atomic E-state index is 0.0312. The fourth-order valence-corrected chi connectivity index (χ4v) is 3.72. The molecule has 2 aromatic carbocycles. The number of aryl methyl sites for hydroxylation is 2. The van der Waals surface area contributed by atoms with Crippen molar-refractivity contribution in [2.75, 3.05) is 0 Å². The summed E-state index contributed by atoms with van der Waals surface area (Å²) in [6.45, 7) is 5.39. The highest BCUT2D eigenvalue weighted by atomic mass is 16.6. The summed E-state index contributed by atoms with van der Waals surface area (Å²) in [5.74, 6) is -0.650. The number of nitro groups is 2. The number of hydrazone groups is 1. The van der Waals surface area contributed by atoms with Crippen LogP contribution in [0.3, 0.4) is 0 Å². The average Bonchev–Trinajstić information content (AvgIpc) is 3.34. The van der Waals surface area contributed by atoms with E-state index >= 15 is 0 Å². The van der Waals surface area contributed by atoms with Crippen LogP contribution in [0, 0.1) is 41.0 Å². The maximum Gasteiger partial charge on any atom is 0.307 e. The first-order valence-corrected chi connectivity index (χ1v) is 10.1. The zero-order valence-electron chi connectivity index (χ0n) is 18.4. The summed E-state index contributed by atoms with van der Waals surface area (Å²) in [6, 6.07) is 12.3. The van der Waals surface area contributed by atoms with Crippen molar-refractivity contribution in [2.45, 2.75) is 20.8 Å². The Balaban J connectivity index is 1.54. The summed E-state index contributed by atoms with van der Waals surface area (Å²) in [4.78, 5) is 33.7. The molecule has 0 spiro atoms. The summed E-state index contributed by atoms with van der Waals surface area (Å²) in [5.41, 5.74) is 6.19. The third kappa shape index (κ3) is 4.13. The highest BCUT2D eigenvalue weighted by molar-refractivity contribution is 5.97. The highest BCUT2D eigenvalue weighted by Crippen LogP contribution is 2.26. The number of hydrogen-bond donors (Lipinski definition) is 1. The standard InChI is InChI=1S/C23H19N5O6/c1-13-4-5-18(11-20(13)28(32)33)26-14(2)8-17(15(26)3)12-24-25-23(29)22-10-16-9-19(27(30)31)6-7-21(16)34-22/h4-12H,1-3H3,(H,25,29)/b24-12+. The molecular weight excluding hydrogens is 442 g/mol. The van der Waals surface area contributed by atoms with Gasteiger partial charge in [-0.15, -0.1) is 0 Å². The molecule has 2 aromatic heterocycles. The molecule has 0 saturated carbocycles. The number of fused-ring (bicyclic) bond motifs is 1. The van der Waals surface area contributed by atoms with Gasteiger partial charge >= 0.3 is 5.91 Å². The molecule has 2 heterocycles. The molecule has 0 unspecified atom stereocenters. The van der Waals surface area contributed by atoms with Crippen LogP contribution < -0.4 is 5.43 Å². The predicted octanol–water partition coefficient (Wildman–Crippen LogP) is 4.73. The minimum atomic E-state index is -0.613. The van der Waals surface area contributed by atoms with Crippen molar-refractivity contribution >= 4 is 34.5 Å². The van der Waals surface area contributed by atoms with Gasteiger partial charge in [0.15, 0.2) is 5.76 Å². The molecular formula is C23H19N5O6. The van der Waals surface area contributed by atoms with Gasteiger partial charge in [0, 0.05) is 46.1 Å². The van der Waals surface area contributed by atoms with E-state index in [0.29, 0.717) is 27.8 Å². The predicted molar refractivity (Wildman–Crippen MR) is 125 cm³/mol. The Morgan fingerprint density at radius 1 is 1.03 bits per heavy atom. The number of aromatic nitrogens is 1. The first-order chi connectivity index (χ1) is 16.2. The third-order valence-corrected chi connectivity index (χ3v) is 5.42. The van der Waals surface area contributed by atoms with Crippen LogP contribution in [0.25, 0.3) is 16.7 Å². The number of carbonyl (C=O) groups excluding carboxylic acids is 1. The fourth-order valence-electron chi connectivity index (χ4n) is 3.72. The zero-order chi connectivity index (χ0) is 24.6. The number of hydrogen-bond acceptors (Lipinski definition) is 7. The van der Waals surface area contributed by atoms with E-state index in [0.717, 1.165) is 11.4 Å². The van der Waals surface area contributed by atoms with Crippen LogP contribution in [0.1, 0.15) is 33.1 Å². The molecule has 0 radical (unpaired) electrons. The summed E-state index contributed by atoms with van der Waals surface area (Å²) in [6.07, 6.45) is 1.47. The first kappa shape index (κ1) is 22.4. The first-order valence-electron chi connectivity index (χ1n) is 10.1. The van der Waals surface area contributed by atoms with E-state index in [-0.39, 0.29) is 17.1 Å². The maximum atomic E-state index is 12.4. The van der Waals surface area contributed by atoms with Crippen molar-refractivity contribution in [3.05, 3.63) is 97.0 Å². The quantitative estimate of drug-likeness (QED) is 0.249. The van der Waals surface area contributed by atoms with Crippen molar-refractivity contribution in [2.24, 2.45) is 5.10 Å². The minimum Gasteiger partial charge on any atom is -0.451 e. The molecule has 0 fully saturated rings. The summed E-state index contributed by atoms with van der Waals surface area (Å²) < 4.78 is 7.31. The molecule has 0 aliphatic carbocycles. The van der Waals surface area contributed by atoms with Crippen LogP contribution >= 0.6 is 0 Å². The smallest absolute Gasteiger partial charge is 0.307 e. The molecule has 11 nitrogen and oxygen atoms in total. The number of non-ortho nitro benzene ring substituents is 1. The van der Waals surface area contributed by atoms with Gasteiger partial charge < -0.3 is 8.98 Å². The molecule has 0 atom stereocenters. The lowest BCUT2D eigenvalue weighted by molar-refractivity contribution is -0.385. The molecule has 1 amide bonds. The Kier molecular flexibility index (Phi) is 5.68. The highest BCUT2D eigenvalue weighted by Gasteiger charge is 2.17. The van der Waals surface area contributed by atoms with Gasteiger partial charge in [-0.2, -0.15) is 5.10 Å². The molecule has 0 aliphatic heterocycles. The van der Waals surface area contributed by atoms with Crippen LogP contribution in [-0.2, 0) is 0 Å². The van der Waals surface area contributed by atoms with Crippen LogP contribution in [0.2, 0.25) is 0 Å². The molecule has 34 heavy (non-hydrogen) atoms. The summed E-state index contributed by atoms with van der Waals surface area (Å²) >= 11 is 0. The Bertz CT molecular complexity index is 1500. The second-order valence-corrected chi connectivity index (χ2v) is 7.68. The average molecular weight is 461 g/mol. The molecule has 4 aromatic rings.